The van der Waals surface area contributed by atoms with E-state index in [1.54, 1.807) is 7.11 Å². The molecule has 0 spiro atoms. The number of amides is 1. The Morgan fingerprint density at radius 1 is 1.32 bits per heavy atom. The van der Waals surface area contributed by atoms with E-state index < -0.39 is 0 Å². The fraction of sp³-hybridized carbons (Fsp3) is 0.500. The molecule has 7 nitrogen and oxygen atoms in total. The smallest absolute Gasteiger partial charge is 0.272 e. The molecule has 28 heavy (non-hydrogen) atoms. The molecule has 154 valence electrons. The second-order valence-corrected chi connectivity index (χ2v) is 7.15. The molecule has 1 aliphatic rings. The molecular weight excluding hydrogens is 380 g/mol. The quantitative estimate of drug-likeness (QED) is 0.625. The van der Waals surface area contributed by atoms with E-state index in [2.05, 4.69) is 34.7 Å². The highest BCUT2D eigenvalue weighted by molar-refractivity contribution is 5.94. The Morgan fingerprint density at radius 3 is 2.89 bits per heavy atom. The molecule has 3 rings (SSSR count). The minimum absolute atomic E-state index is 0. The maximum absolute atomic E-state index is 12.5. The molecule has 0 bridgehead atoms. The molecule has 2 heterocycles. The fourth-order valence-electron chi connectivity index (χ4n) is 3.02. The van der Waals surface area contributed by atoms with Gasteiger partial charge in [-0.2, -0.15) is 5.10 Å². The van der Waals surface area contributed by atoms with Crippen LogP contribution < -0.4 is 20.1 Å². The molecule has 1 aromatic heterocycles. The zero-order valence-electron chi connectivity index (χ0n) is 16.6. The van der Waals surface area contributed by atoms with Gasteiger partial charge in [0, 0.05) is 37.3 Å². The third-order valence-electron chi connectivity index (χ3n) is 4.66. The average Bonchev–Trinajstić information content (AvgIpc) is 3.10. The van der Waals surface area contributed by atoms with Gasteiger partial charge in [-0.15, -0.1) is 12.4 Å². The van der Waals surface area contributed by atoms with Gasteiger partial charge in [-0.25, -0.2) is 0 Å². The van der Waals surface area contributed by atoms with E-state index in [0.29, 0.717) is 37.1 Å². The van der Waals surface area contributed by atoms with Crippen molar-refractivity contribution >= 4 is 18.3 Å². The van der Waals surface area contributed by atoms with Gasteiger partial charge in [-0.3, -0.25) is 9.89 Å². The van der Waals surface area contributed by atoms with Gasteiger partial charge in [-0.1, -0.05) is 19.9 Å². The maximum Gasteiger partial charge on any atom is 0.272 e. The number of benzene rings is 1. The summed E-state index contributed by atoms with van der Waals surface area (Å²) >= 11 is 0. The van der Waals surface area contributed by atoms with Crippen LogP contribution in [0.5, 0.6) is 11.5 Å². The lowest BCUT2D eigenvalue weighted by atomic mass is 10.1. The summed E-state index contributed by atoms with van der Waals surface area (Å²) in [4.78, 5) is 12.5. The highest BCUT2D eigenvalue weighted by Crippen LogP contribution is 2.28. The number of nitrogens with one attached hydrogen (secondary N) is 3. The number of nitrogens with zero attached hydrogens (tertiary/aromatic N) is 1. The van der Waals surface area contributed by atoms with E-state index in [1.807, 2.05) is 18.2 Å². The van der Waals surface area contributed by atoms with Crippen LogP contribution >= 0.6 is 12.4 Å². The standard InChI is InChI=1S/C20H28N4O3.ClH/c1-13(2)7-9-27-17-5-4-14(10-18(17)26-3)11-22-20(25)19-15-12-21-8-6-16(15)23-24-19;/h4-5,10,13,21H,6-9,11-12H2,1-3H3,(H,22,25)(H,23,24);1H. The summed E-state index contributed by atoms with van der Waals surface area (Å²) in [6, 6.07) is 5.72. The molecule has 3 N–H and O–H groups in total. The van der Waals surface area contributed by atoms with Crippen molar-refractivity contribution in [3.8, 4) is 11.5 Å². The number of methoxy groups -OCH3 is 1. The van der Waals surface area contributed by atoms with Crippen LogP contribution in [0.4, 0.5) is 0 Å². The summed E-state index contributed by atoms with van der Waals surface area (Å²) in [5.74, 6) is 1.81. The molecule has 0 saturated carbocycles. The summed E-state index contributed by atoms with van der Waals surface area (Å²) in [5, 5.41) is 13.4. The first-order valence-corrected chi connectivity index (χ1v) is 9.43. The monoisotopic (exact) mass is 408 g/mol. The molecule has 0 aliphatic carbocycles. The normalized spacial score (nSPS) is 12.9. The molecule has 2 aromatic rings. The highest BCUT2D eigenvalue weighted by atomic mass is 35.5. The van der Waals surface area contributed by atoms with E-state index in [9.17, 15) is 4.79 Å². The molecule has 0 unspecified atom stereocenters. The molecule has 0 fully saturated rings. The van der Waals surface area contributed by atoms with Gasteiger partial charge in [0.1, 0.15) is 0 Å². The van der Waals surface area contributed by atoms with Gasteiger partial charge < -0.3 is 20.1 Å². The molecule has 0 saturated heterocycles. The second kappa shape index (κ2) is 10.3. The van der Waals surface area contributed by atoms with Crippen molar-refractivity contribution in [2.45, 2.75) is 39.8 Å². The lowest BCUT2D eigenvalue weighted by Gasteiger charge is -2.14. The van der Waals surface area contributed by atoms with Gasteiger partial charge in [0.15, 0.2) is 17.2 Å². The van der Waals surface area contributed by atoms with Crippen molar-refractivity contribution in [2.75, 3.05) is 20.3 Å². The number of ether oxygens (including phenoxy) is 2. The van der Waals surface area contributed by atoms with Gasteiger partial charge >= 0.3 is 0 Å². The zero-order valence-corrected chi connectivity index (χ0v) is 17.4. The minimum atomic E-state index is -0.174. The Labute approximate surface area is 172 Å². The van der Waals surface area contributed by atoms with Crippen LogP contribution in [-0.4, -0.2) is 36.4 Å². The topological polar surface area (TPSA) is 88.3 Å². The average molecular weight is 409 g/mol. The molecular formula is C20H29ClN4O3. The number of carbonyl (C=O) groups is 1. The van der Waals surface area contributed by atoms with E-state index >= 15 is 0 Å². The summed E-state index contributed by atoms with van der Waals surface area (Å²) < 4.78 is 11.2. The summed E-state index contributed by atoms with van der Waals surface area (Å²) in [6.45, 7) is 6.96. The van der Waals surface area contributed by atoms with Crippen molar-refractivity contribution in [3.05, 3.63) is 40.7 Å². The number of H-pyrrole nitrogens is 1. The summed E-state index contributed by atoms with van der Waals surface area (Å²) in [7, 11) is 1.62. The second-order valence-electron chi connectivity index (χ2n) is 7.15. The van der Waals surface area contributed by atoms with Crippen LogP contribution in [0.15, 0.2) is 18.2 Å². The van der Waals surface area contributed by atoms with Gasteiger partial charge in [0.25, 0.3) is 5.91 Å². The first kappa shape index (κ1) is 22.0. The Kier molecular flexibility index (Phi) is 8.14. The van der Waals surface area contributed by atoms with Crippen molar-refractivity contribution < 1.29 is 14.3 Å². The first-order valence-electron chi connectivity index (χ1n) is 9.43. The highest BCUT2D eigenvalue weighted by Gasteiger charge is 2.21. The largest absolute Gasteiger partial charge is 0.493 e. The zero-order chi connectivity index (χ0) is 19.2. The molecule has 1 aliphatic heterocycles. The van der Waals surface area contributed by atoms with Crippen LogP contribution in [0.1, 0.15) is 47.6 Å². The predicted molar refractivity (Wildman–Crippen MR) is 110 cm³/mol. The predicted octanol–water partition coefficient (Wildman–Crippen LogP) is 2.84. The van der Waals surface area contributed by atoms with E-state index in [1.165, 1.54) is 0 Å². The van der Waals surface area contributed by atoms with E-state index in [0.717, 1.165) is 42.0 Å². The third-order valence-corrected chi connectivity index (χ3v) is 4.66. The number of aromatic amines is 1. The van der Waals surface area contributed by atoms with E-state index in [4.69, 9.17) is 9.47 Å². The number of aromatic nitrogens is 2. The third kappa shape index (κ3) is 5.39. The number of fused-ring (bicyclic) bond motifs is 1. The van der Waals surface area contributed by atoms with Crippen molar-refractivity contribution in [3.63, 3.8) is 0 Å². The lowest BCUT2D eigenvalue weighted by molar-refractivity contribution is 0.0944. The number of carbonyl (C=O) groups excluding carboxylic acids is 1. The minimum Gasteiger partial charge on any atom is -0.493 e. The number of hydrogen-bond acceptors (Lipinski definition) is 5. The van der Waals surface area contributed by atoms with Crippen LogP contribution in [0.3, 0.4) is 0 Å². The number of hydrogen-bond donors (Lipinski definition) is 3. The molecule has 1 aromatic carbocycles. The van der Waals surface area contributed by atoms with Crippen LogP contribution in [0.25, 0.3) is 0 Å². The van der Waals surface area contributed by atoms with Crippen LogP contribution in [-0.2, 0) is 19.5 Å². The molecule has 8 heteroatoms. The Morgan fingerprint density at radius 2 is 2.14 bits per heavy atom. The maximum atomic E-state index is 12.5. The SMILES string of the molecule is COc1cc(CNC(=O)c2n[nH]c3c2CNCC3)ccc1OCCC(C)C.Cl. The van der Waals surface area contributed by atoms with Crippen molar-refractivity contribution in [1.82, 2.24) is 20.8 Å². The molecule has 1 amide bonds. The molecule has 0 radical (unpaired) electrons. The first-order chi connectivity index (χ1) is 13.1. The summed E-state index contributed by atoms with van der Waals surface area (Å²) in [6.07, 6.45) is 1.86. The van der Waals surface area contributed by atoms with E-state index in [-0.39, 0.29) is 18.3 Å². The number of rotatable bonds is 8. The van der Waals surface area contributed by atoms with Gasteiger partial charge in [-0.05, 0) is 30.0 Å². The van der Waals surface area contributed by atoms with Gasteiger partial charge in [0.2, 0.25) is 0 Å². The van der Waals surface area contributed by atoms with Crippen LogP contribution in [0, 0.1) is 5.92 Å². The number of halogens is 1. The van der Waals surface area contributed by atoms with Crippen molar-refractivity contribution in [2.24, 2.45) is 5.92 Å². The molecule has 0 atom stereocenters. The Bertz CT molecular complexity index is 792. The van der Waals surface area contributed by atoms with Crippen LogP contribution in [0.2, 0.25) is 0 Å². The Hall–Kier alpha value is -2.25. The Balaban J connectivity index is 0.00000280. The fourth-order valence-corrected chi connectivity index (χ4v) is 3.02. The van der Waals surface area contributed by atoms with Gasteiger partial charge in [0.05, 0.1) is 13.7 Å². The summed E-state index contributed by atoms with van der Waals surface area (Å²) in [5.41, 5.74) is 3.42. The lowest BCUT2D eigenvalue weighted by Crippen LogP contribution is -2.28. The van der Waals surface area contributed by atoms with Crippen molar-refractivity contribution in [1.29, 1.82) is 0 Å².